The van der Waals surface area contributed by atoms with Crippen LogP contribution in [0.25, 0.3) is 26.4 Å². The molecule has 1 aliphatic rings. The molecule has 0 saturated carbocycles. The standard InChI is InChI=1S/C25H22F3N7OS/c26-25(27,28)18-5-3-4-17(14-18)22-32-35-21(30-31-24(35)37-22)16-8-10-33(11-9-16)12-13-34-15-29-20-7-2-1-6-19(20)23(34)36/h1-7,14-16H,8-13H2. The van der Waals surface area contributed by atoms with Crippen molar-refractivity contribution >= 4 is 27.2 Å². The Morgan fingerprint density at radius 3 is 2.62 bits per heavy atom. The van der Waals surface area contributed by atoms with Crippen LogP contribution in [0.3, 0.4) is 0 Å². The van der Waals surface area contributed by atoms with Gasteiger partial charge in [0.25, 0.3) is 5.56 Å². The molecule has 1 saturated heterocycles. The fraction of sp³-hybridized carbons (Fsp3) is 0.320. The van der Waals surface area contributed by atoms with E-state index in [-0.39, 0.29) is 11.5 Å². The van der Waals surface area contributed by atoms with Gasteiger partial charge in [0.05, 0.1) is 22.8 Å². The van der Waals surface area contributed by atoms with Crippen molar-refractivity contribution in [3.8, 4) is 10.6 Å². The molecule has 6 rings (SSSR count). The van der Waals surface area contributed by atoms with Crippen LogP contribution in [0, 0.1) is 0 Å². The summed E-state index contributed by atoms with van der Waals surface area (Å²) in [5.74, 6) is 0.881. The maximum atomic E-state index is 13.1. The molecule has 0 N–H and O–H groups in total. The molecule has 5 aromatic rings. The summed E-state index contributed by atoms with van der Waals surface area (Å²) in [5.41, 5.74) is 0.365. The number of rotatable bonds is 5. The summed E-state index contributed by atoms with van der Waals surface area (Å²) >= 11 is 1.23. The summed E-state index contributed by atoms with van der Waals surface area (Å²) in [4.78, 5) is 20.0. The highest BCUT2D eigenvalue weighted by atomic mass is 32.1. The molecule has 0 aliphatic carbocycles. The Morgan fingerprint density at radius 1 is 1.00 bits per heavy atom. The van der Waals surface area contributed by atoms with Crippen molar-refractivity contribution in [2.75, 3.05) is 19.6 Å². The van der Waals surface area contributed by atoms with Crippen molar-refractivity contribution < 1.29 is 13.2 Å². The zero-order chi connectivity index (χ0) is 25.6. The third kappa shape index (κ3) is 4.62. The summed E-state index contributed by atoms with van der Waals surface area (Å²) < 4.78 is 42.7. The fourth-order valence-electron chi connectivity index (χ4n) is 4.76. The molecule has 3 aromatic heterocycles. The summed E-state index contributed by atoms with van der Waals surface area (Å²) in [6, 6.07) is 12.5. The third-order valence-electron chi connectivity index (χ3n) is 6.79. The van der Waals surface area contributed by atoms with Crippen molar-refractivity contribution in [3.05, 3.63) is 76.6 Å². The van der Waals surface area contributed by atoms with E-state index >= 15 is 0 Å². The second kappa shape index (κ2) is 9.34. The zero-order valence-electron chi connectivity index (χ0n) is 19.6. The van der Waals surface area contributed by atoms with Crippen LogP contribution in [0.1, 0.15) is 30.1 Å². The average molecular weight is 526 g/mol. The van der Waals surface area contributed by atoms with Gasteiger partial charge < -0.3 is 4.90 Å². The molecule has 2 aromatic carbocycles. The second-order valence-electron chi connectivity index (χ2n) is 9.11. The number of nitrogens with zero attached hydrogens (tertiary/aromatic N) is 7. The van der Waals surface area contributed by atoms with Crippen LogP contribution in [0.2, 0.25) is 0 Å². The molecular weight excluding hydrogens is 503 g/mol. The molecule has 190 valence electrons. The van der Waals surface area contributed by atoms with E-state index in [1.807, 2.05) is 18.2 Å². The highest BCUT2D eigenvalue weighted by molar-refractivity contribution is 7.19. The van der Waals surface area contributed by atoms with Crippen LogP contribution in [0.15, 0.2) is 59.7 Å². The molecule has 0 unspecified atom stereocenters. The number of likely N-dealkylation sites (tertiary alicyclic amines) is 1. The first-order chi connectivity index (χ1) is 17.9. The first kappa shape index (κ1) is 23.7. The predicted octanol–water partition coefficient (Wildman–Crippen LogP) is 4.46. The largest absolute Gasteiger partial charge is 0.416 e. The Hall–Kier alpha value is -3.64. The molecule has 0 atom stereocenters. The van der Waals surface area contributed by atoms with Gasteiger partial charge in [0.2, 0.25) is 4.96 Å². The Kier molecular flexibility index (Phi) is 6.00. The normalized spacial score (nSPS) is 15.6. The van der Waals surface area contributed by atoms with Crippen molar-refractivity contribution in [2.24, 2.45) is 0 Å². The minimum Gasteiger partial charge on any atom is -0.302 e. The lowest BCUT2D eigenvalue weighted by Gasteiger charge is -2.30. The lowest BCUT2D eigenvalue weighted by molar-refractivity contribution is -0.137. The summed E-state index contributed by atoms with van der Waals surface area (Å²) in [7, 11) is 0. The second-order valence-corrected chi connectivity index (χ2v) is 10.1. The van der Waals surface area contributed by atoms with Gasteiger partial charge in [0.15, 0.2) is 5.82 Å². The van der Waals surface area contributed by atoms with Gasteiger partial charge in [-0.2, -0.15) is 22.8 Å². The van der Waals surface area contributed by atoms with E-state index in [9.17, 15) is 18.0 Å². The molecule has 12 heteroatoms. The number of hydrogen-bond acceptors (Lipinski definition) is 7. The molecule has 1 fully saturated rings. The van der Waals surface area contributed by atoms with Crippen LogP contribution in [-0.4, -0.2) is 53.9 Å². The minimum absolute atomic E-state index is 0.0357. The SMILES string of the molecule is O=c1c2ccccc2ncn1CCN1CCC(c2nnc3sc(-c4cccc(C(F)(F)F)c4)nn23)CC1. The molecule has 1 aliphatic heterocycles. The van der Waals surface area contributed by atoms with Gasteiger partial charge in [-0.15, -0.1) is 10.2 Å². The van der Waals surface area contributed by atoms with Crippen LogP contribution in [-0.2, 0) is 12.7 Å². The van der Waals surface area contributed by atoms with E-state index in [0.717, 1.165) is 50.4 Å². The molecular formula is C25H22F3N7OS. The number of piperidine rings is 1. The van der Waals surface area contributed by atoms with Gasteiger partial charge >= 0.3 is 6.18 Å². The van der Waals surface area contributed by atoms with Crippen molar-refractivity contribution in [1.82, 2.24) is 34.3 Å². The van der Waals surface area contributed by atoms with Crippen LogP contribution >= 0.6 is 11.3 Å². The molecule has 0 amide bonds. The van der Waals surface area contributed by atoms with Crippen LogP contribution < -0.4 is 5.56 Å². The lowest BCUT2D eigenvalue weighted by Crippen LogP contribution is -2.37. The van der Waals surface area contributed by atoms with Gasteiger partial charge in [-0.3, -0.25) is 9.36 Å². The monoisotopic (exact) mass is 525 g/mol. The lowest BCUT2D eigenvalue weighted by atomic mass is 9.96. The van der Waals surface area contributed by atoms with Crippen molar-refractivity contribution in [2.45, 2.75) is 31.5 Å². The first-order valence-electron chi connectivity index (χ1n) is 11.9. The Bertz CT molecular complexity index is 1630. The minimum atomic E-state index is -4.41. The molecule has 0 radical (unpaired) electrons. The highest BCUT2D eigenvalue weighted by Gasteiger charge is 2.31. The maximum absolute atomic E-state index is 13.1. The number of aromatic nitrogens is 6. The first-order valence-corrected chi connectivity index (χ1v) is 12.7. The molecule has 37 heavy (non-hydrogen) atoms. The van der Waals surface area contributed by atoms with E-state index in [4.69, 9.17) is 0 Å². The summed E-state index contributed by atoms with van der Waals surface area (Å²) in [5, 5.41) is 14.2. The average Bonchev–Trinajstić information content (AvgIpc) is 3.50. The Morgan fingerprint density at radius 2 is 1.81 bits per heavy atom. The van der Waals surface area contributed by atoms with E-state index in [1.165, 1.54) is 17.4 Å². The summed E-state index contributed by atoms with van der Waals surface area (Å²) in [6.45, 7) is 2.96. The zero-order valence-corrected chi connectivity index (χ0v) is 20.4. The predicted molar refractivity (Wildman–Crippen MR) is 134 cm³/mol. The number of fused-ring (bicyclic) bond motifs is 2. The summed E-state index contributed by atoms with van der Waals surface area (Å²) in [6.07, 6.45) is -1.11. The number of hydrogen-bond donors (Lipinski definition) is 0. The third-order valence-corrected chi connectivity index (χ3v) is 7.74. The van der Waals surface area contributed by atoms with Gasteiger partial charge in [-0.25, -0.2) is 4.98 Å². The Balaban J connectivity index is 1.13. The van der Waals surface area contributed by atoms with Crippen molar-refractivity contribution in [3.63, 3.8) is 0 Å². The highest BCUT2D eigenvalue weighted by Crippen LogP contribution is 2.34. The number of alkyl halides is 3. The van der Waals surface area contributed by atoms with E-state index in [1.54, 1.807) is 27.5 Å². The molecule has 0 spiro atoms. The quantitative estimate of drug-likeness (QED) is 0.337. The van der Waals surface area contributed by atoms with Crippen LogP contribution in [0.5, 0.6) is 0 Å². The topological polar surface area (TPSA) is 81.2 Å². The van der Waals surface area contributed by atoms with Gasteiger partial charge in [-0.05, 0) is 50.2 Å². The van der Waals surface area contributed by atoms with Gasteiger partial charge in [-0.1, -0.05) is 35.6 Å². The van der Waals surface area contributed by atoms with E-state index in [2.05, 4.69) is 25.2 Å². The van der Waals surface area contributed by atoms with Gasteiger partial charge in [0, 0.05) is 24.6 Å². The van der Waals surface area contributed by atoms with E-state index < -0.39 is 11.7 Å². The Labute approximate surface area is 213 Å². The fourth-order valence-corrected chi connectivity index (χ4v) is 5.60. The smallest absolute Gasteiger partial charge is 0.302 e. The number of para-hydroxylation sites is 1. The molecule has 0 bridgehead atoms. The molecule has 4 heterocycles. The maximum Gasteiger partial charge on any atom is 0.416 e. The molecule has 8 nitrogen and oxygen atoms in total. The van der Waals surface area contributed by atoms with E-state index in [0.29, 0.717) is 33.0 Å². The van der Waals surface area contributed by atoms with Gasteiger partial charge in [0.1, 0.15) is 5.01 Å². The van der Waals surface area contributed by atoms with Crippen molar-refractivity contribution in [1.29, 1.82) is 0 Å². The number of halogens is 3. The van der Waals surface area contributed by atoms with Crippen LogP contribution in [0.4, 0.5) is 13.2 Å². The number of benzene rings is 2.